The van der Waals surface area contributed by atoms with Crippen LogP contribution in [0.15, 0.2) is 24.5 Å². The standard InChI is InChI=1S/C7H9FNO/c1-2-10-9-5-3-4-7(8)6-9/h3-6H,2H2,1H3/q+1. The molecule has 0 aliphatic heterocycles. The van der Waals surface area contributed by atoms with Crippen molar-refractivity contribution in [2.75, 3.05) is 6.61 Å². The van der Waals surface area contributed by atoms with Crippen molar-refractivity contribution in [3.8, 4) is 0 Å². The van der Waals surface area contributed by atoms with Crippen molar-refractivity contribution < 1.29 is 14.0 Å². The minimum atomic E-state index is -0.295. The maximum Gasteiger partial charge on any atom is 0.257 e. The van der Waals surface area contributed by atoms with Crippen molar-refractivity contribution in [1.82, 2.24) is 0 Å². The SMILES string of the molecule is CCO[n+]1cccc(F)c1. The molecule has 10 heavy (non-hydrogen) atoms. The molecule has 0 fully saturated rings. The first-order valence-corrected chi connectivity index (χ1v) is 3.13. The van der Waals surface area contributed by atoms with Crippen LogP contribution in [-0.4, -0.2) is 6.61 Å². The molecule has 0 N–H and O–H groups in total. The van der Waals surface area contributed by atoms with Crippen LogP contribution < -0.4 is 9.57 Å². The van der Waals surface area contributed by atoms with Gasteiger partial charge in [0.05, 0.1) is 0 Å². The second-order valence-corrected chi connectivity index (χ2v) is 1.80. The monoisotopic (exact) mass is 142 g/mol. The van der Waals surface area contributed by atoms with Crippen LogP contribution in [0.5, 0.6) is 0 Å². The van der Waals surface area contributed by atoms with Crippen molar-refractivity contribution in [3.63, 3.8) is 0 Å². The van der Waals surface area contributed by atoms with E-state index < -0.39 is 0 Å². The molecular formula is C7H9FNO+. The number of halogens is 1. The molecule has 1 rings (SSSR count). The van der Waals surface area contributed by atoms with Gasteiger partial charge in [-0.25, -0.2) is 4.39 Å². The summed E-state index contributed by atoms with van der Waals surface area (Å²) in [6.45, 7) is 2.38. The summed E-state index contributed by atoms with van der Waals surface area (Å²) in [5, 5.41) is 0. The third kappa shape index (κ3) is 1.69. The van der Waals surface area contributed by atoms with Crippen LogP contribution in [0, 0.1) is 5.82 Å². The van der Waals surface area contributed by atoms with E-state index in [-0.39, 0.29) is 5.82 Å². The van der Waals surface area contributed by atoms with Crippen LogP contribution in [0.4, 0.5) is 4.39 Å². The van der Waals surface area contributed by atoms with Gasteiger partial charge in [0.15, 0.2) is 12.4 Å². The van der Waals surface area contributed by atoms with Crippen LogP contribution in [0.1, 0.15) is 6.92 Å². The lowest BCUT2D eigenvalue weighted by Gasteiger charge is -1.91. The lowest BCUT2D eigenvalue weighted by atomic mass is 10.5. The Morgan fingerprint density at radius 3 is 3.10 bits per heavy atom. The van der Waals surface area contributed by atoms with Crippen molar-refractivity contribution in [2.24, 2.45) is 0 Å². The van der Waals surface area contributed by atoms with E-state index in [0.29, 0.717) is 6.61 Å². The summed E-state index contributed by atoms with van der Waals surface area (Å²) in [6, 6.07) is 2.96. The van der Waals surface area contributed by atoms with Crippen molar-refractivity contribution >= 4 is 0 Å². The van der Waals surface area contributed by atoms with Gasteiger partial charge in [-0.15, -0.1) is 0 Å². The molecule has 1 heterocycles. The lowest BCUT2D eigenvalue weighted by Crippen LogP contribution is -2.42. The molecule has 1 aromatic rings. The first-order chi connectivity index (χ1) is 4.83. The average Bonchev–Trinajstić information content (AvgIpc) is 1.88. The van der Waals surface area contributed by atoms with E-state index in [0.717, 1.165) is 0 Å². The van der Waals surface area contributed by atoms with Gasteiger partial charge in [0, 0.05) is 10.8 Å². The van der Waals surface area contributed by atoms with Gasteiger partial charge in [-0.05, 0) is 13.0 Å². The number of rotatable bonds is 2. The maximum absolute atomic E-state index is 12.4. The largest absolute Gasteiger partial charge is 0.272 e. The van der Waals surface area contributed by atoms with Gasteiger partial charge < -0.3 is 0 Å². The number of pyridine rings is 1. The molecule has 0 bridgehead atoms. The van der Waals surface area contributed by atoms with E-state index in [1.54, 1.807) is 12.3 Å². The van der Waals surface area contributed by atoms with Crippen molar-refractivity contribution in [2.45, 2.75) is 6.92 Å². The number of nitrogens with zero attached hydrogens (tertiary/aromatic N) is 1. The molecule has 54 valence electrons. The van der Waals surface area contributed by atoms with Crippen molar-refractivity contribution in [3.05, 3.63) is 30.3 Å². The Morgan fingerprint density at radius 1 is 1.70 bits per heavy atom. The number of aromatic nitrogens is 1. The van der Waals surface area contributed by atoms with Crippen LogP contribution in [-0.2, 0) is 0 Å². The Bertz CT molecular complexity index is 215. The van der Waals surface area contributed by atoms with E-state index in [1.165, 1.54) is 17.0 Å². The molecule has 0 saturated heterocycles. The third-order valence-corrected chi connectivity index (χ3v) is 1.02. The molecule has 2 nitrogen and oxygen atoms in total. The normalized spacial score (nSPS) is 9.40. The van der Waals surface area contributed by atoms with Gasteiger partial charge in [0.25, 0.3) is 6.20 Å². The molecule has 0 aliphatic carbocycles. The molecule has 0 aromatic carbocycles. The predicted molar refractivity (Wildman–Crippen MR) is 33.7 cm³/mol. The molecular weight excluding hydrogens is 133 g/mol. The first-order valence-electron chi connectivity index (χ1n) is 3.13. The van der Waals surface area contributed by atoms with Gasteiger partial charge in [0.1, 0.15) is 0 Å². The van der Waals surface area contributed by atoms with Gasteiger partial charge in [-0.1, -0.05) is 0 Å². The fourth-order valence-electron chi connectivity index (χ4n) is 0.657. The first kappa shape index (κ1) is 6.99. The van der Waals surface area contributed by atoms with Gasteiger partial charge in [-0.2, -0.15) is 0 Å². The summed E-state index contributed by atoms with van der Waals surface area (Å²) in [5.74, 6) is -0.295. The zero-order valence-electron chi connectivity index (χ0n) is 5.75. The zero-order valence-corrected chi connectivity index (χ0v) is 5.75. The van der Waals surface area contributed by atoms with Gasteiger partial charge in [0.2, 0.25) is 6.20 Å². The maximum atomic E-state index is 12.4. The summed E-state index contributed by atoms with van der Waals surface area (Å²) < 4.78 is 13.7. The minimum Gasteiger partial charge on any atom is -0.272 e. The van der Waals surface area contributed by atoms with Crippen LogP contribution in [0.2, 0.25) is 0 Å². The predicted octanol–water partition coefficient (Wildman–Crippen LogP) is 0.562. The Labute approximate surface area is 58.8 Å². The summed E-state index contributed by atoms with van der Waals surface area (Å²) >= 11 is 0. The molecule has 0 spiro atoms. The second kappa shape index (κ2) is 3.15. The highest BCUT2D eigenvalue weighted by atomic mass is 19.1. The Morgan fingerprint density at radius 2 is 2.50 bits per heavy atom. The minimum absolute atomic E-state index is 0.295. The molecule has 0 aliphatic rings. The highest BCUT2D eigenvalue weighted by Gasteiger charge is 1.99. The second-order valence-electron chi connectivity index (χ2n) is 1.80. The molecule has 0 saturated carbocycles. The molecule has 0 amide bonds. The Kier molecular flexibility index (Phi) is 2.20. The average molecular weight is 142 g/mol. The number of hydrogen-bond donors (Lipinski definition) is 0. The topological polar surface area (TPSA) is 13.1 Å². The summed E-state index contributed by atoms with van der Waals surface area (Å²) in [5.41, 5.74) is 0. The molecule has 0 radical (unpaired) electrons. The fourth-order valence-corrected chi connectivity index (χ4v) is 0.657. The van der Waals surface area contributed by atoms with E-state index in [9.17, 15) is 4.39 Å². The van der Waals surface area contributed by atoms with Crippen LogP contribution in [0.25, 0.3) is 0 Å². The van der Waals surface area contributed by atoms with Gasteiger partial charge >= 0.3 is 0 Å². The van der Waals surface area contributed by atoms with E-state index in [1.807, 2.05) is 6.92 Å². The smallest absolute Gasteiger partial charge is 0.257 e. The summed E-state index contributed by atoms with van der Waals surface area (Å²) in [7, 11) is 0. The fraction of sp³-hybridized carbons (Fsp3) is 0.286. The lowest BCUT2D eigenvalue weighted by molar-refractivity contribution is -0.891. The number of hydrogen-bond acceptors (Lipinski definition) is 1. The van der Waals surface area contributed by atoms with Crippen LogP contribution >= 0.6 is 0 Å². The Balaban J connectivity index is 2.75. The van der Waals surface area contributed by atoms with E-state index in [2.05, 4.69) is 0 Å². The highest BCUT2D eigenvalue weighted by Crippen LogP contribution is 1.87. The van der Waals surface area contributed by atoms with Crippen LogP contribution in [0.3, 0.4) is 0 Å². The van der Waals surface area contributed by atoms with Crippen molar-refractivity contribution in [1.29, 1.82) is 0 Å². The summed E-state index contributed by atoms with van der Waals surface area (Å²) in [6.07, 6.45) is 2.93. The quantitative estimate of drug-likeness (QED) is 0.550. The zero-order chi connectivity index (χ0) is 7.40. The molecule has 0 atom stereocenters. The third-order valence-electron chi connectivity index (χ3n) is 1.02. The Hall–Kier alpha value is -1.12. The van der Waals surface area contributed by atoms with E-state index >= 15 is 0 Å². The molecule has 0 unspecified atom stereocenters. The van der Waals surface area contributed by atoms with Gasteiger partial charge in [-0.3, -0.25) is 4.84 Å². The summed E-state index contributed by atoms with van der Waals surface area (Å²) in [4.78, 5) is 4.96. The highest BCUT2D eigenvalue weighted by molar-refractivity contribution is 4.87. The molecule has 3 heteroatoms. The van der Waals surface area contributed by atoms with E-state index in [4.69, 9.17) is 4.84 Å². The molecule has 1 aromatic heterocycles.